The molecule has 14 unspecified atom stereocenters. The van der Waals surface area contributed by atoms with Gasteiger partial charge in [-0.15, -0.1) is 0 Å². The van der Waals surface area contributed by atoms with E-state index in [9.17, 15) is 86.5 Å². The summed E-state index contributed by atoms with van der Waals surface area (Å²) in [6.45, 7) is -3.58. The number of rotatable bonds is 14. The Morgan fingerprint density at radius 3 is 1.29 bits per heavy atom. The molecule has 5 rings (SSSR count). The van der Waals surface area contributed by atoms with Gasteiger partial charge in [-0.25, -0.2) is 0 Å². The summed E-state index contributed by atoms with van der Waals surface area (Å²) in [5.41, 5.74) is 0. The molecule has 0 radical (unpaired) electrons. The van der Waals surface area contributed by atoms with Crippen LogP contribution in [0.15, 0.2) is 0 Å². The number of carbonyl (C=O) groups is 1. The van der Waals surface area contributed by atoms with E-state index in [-0.39, 0.29) is 0 Å². The van der Waals surface area contributed by atoms with Crippen molar-refractivity contribution in [2.24, 2.45) is 0 Å². The van der Waals surface area contributed by atoms with Crippen molar-refractivity contribution in [3.8, 4) is 0 Å². The maximum atomic E-state index is 12.4. The molecule has 0 bridgehead atoms. The summed E-state index contributed by atoms with van der Waals surface area (Å²) >= 11 is 0. The molecule has 17 N–H and O–H groups in total. The zero-order chi connectivity index (χ0) is 43.6. The number of amides is 1. The first kappa shape index (κ1) is 48.5. The molecule has 0 aliphatic carbocycles. The van der Waals surface area contributed by atoms with E-state index in [2.05, 4.69) is 5.32 Å². The van der Waals surface area contributed by atoms with Crippen LogP contribution in [-0.2, 0) is 47.4 Å². The summed E-state index contributed by atoms with van der Waals surface area (Å²) in [7, 11) is 0. The molecule has 0 aromatic carbocycles. The van der Waals surface area contributed by atoms with Gasteiger partial charge in [0.25, 0.3) is 0 Å². The lowest BCUT2D eigenvalue weighted by molar-refractivity contribution is -0.388. The highest BCUT2D eigenvalue weighted by atomic mass is 16.8. The van der Waals surface area contributed by atoms with Crippen LogP contribution in [0.5, 0.6) is 0 Å². The minimum absolute atomic E-state index is 0.805. The van der Waals surface area contributed by atoms with Gasteiger partial charge in [0.1, 0.15) is 122 Å². The SMILES string of the molecule is CC(=O)NC1C(O[C@@H]2OC(CO)[C@H](O)C(O)C2O)[C@@H](O)C(CO)O[C@H]1OC1C(O)[C@@H](O[C@H]2C(CO)O[C@@H](O[C@@H]3C(CO)O[C@@H](O)C(O)C3O)[C@@H](O)C2O)OC(CO)[C@@H]1O. The first-order valence-electron chi connectivity index (χ1n) is 18.6. The van der Waals surface area contributed by atoms with Crippen LogP contribution < -0.4 is 5.32 Å². The fraction of sp³-hybridized carbons (Fsp3) is 0.969. The second kappa shape index (κ2) is 20.8. The van der Waals surface area contributed by atoms with E-state index in [0.717, 1.165) is 6.92 Å². The first-order valence-corrected chi connectivity index (χ1v) is 18.6. The predicted molar refractivity (Wildman–Crippen MR) is 178 cm³/mol. The summed E-state index contributed by atoms with van der Waals surface area (Å²) < 4.78 is 50.1. The topological polar surface area (TPSA) is 436 Å². The highest BCUT2D eigenvalue weighted by Gasteiger charge is 2.57. The van der Waals surface area contributed by atoms with Gasteiger partial charge in [-0.2, -0.15) is 0 Å². The second-order valence-electron chi connectivity index (χ2n) is 14.7. The molecule has 0 spiro atoms. The van der Waals surface area contributed by atoms with Crippen molar-refractivity contribution in [1.29, 1.82) is 0 Å². The van der Waals surface area contributed by atoms with Gasteiger partial charge in [0.2, 0.25) is 5.91 Å². The fourth-order valence-corrected chi connectivity index (χ4v) is 7.43. The molecular weight excluding hydrogens is 814 g/mol. The van der Waals surface area contributed by atoms with E-state index in [1.165, 1.54) is 0 Å². The summed E-state index contributed by atoms with van der Waals surface area (Å²) in [4.78, 5) is 12.4. The van der Waals surface area contributed by atoms with Crippen LogP contribution in [0.2, 0.25) is 0 Å². The average molecular weight is 870 g/mol. The zero-order valence-corrected chi connectivity index (χ0v) is 31.2. The molecule has 344 valence electrons. The van der Waals surface area contributed by atoms with Crippen molar-refractivity contribution in [1.82, 2.24) is 5.32 Å². The maximum Gasteiger partial charge on any atom is 0.217 e. The third-order valence-electron chi connectivity index (χ3n) is 10.7. The third-order valence-corrected chi connectivity index (χ3v) is 10.7. The molecule has 0 aromatic heterocycles. The number of hydrogen-bond acceptors (Lipinski definition) is 26. The molecule has 5 heterocycles. The Kier molecular flexibility index (Phi) is 17.1. The van der Waals surface area contributed by atoms with Gasteiger partial charge in [0.15, 0.2) is 31.5 Å². The van der Waals surface area contributed by atoms with Crippen molar-refractivity contribution >= 4 is 5.91 Å². The lowest BCUT2D eigenvalue weighted by Crippen LogP contribution is -2.70. The van der Waals surface area contributed by atoms with Crippen LogP contribution in [-0.4, -0.2) is 274 Å². The largest absolute Gasteiger partial charge is 0.394 e. The van der Waals surface area contributed by atoms with E-state index in [0.29, 0.717) is 0 Å². The lowest BCUT2D eigenvalue weighted by atomic mass is 9.94. The number of nitrogens with one attached hydrogen (secondary N) is 1. The number of aliphatic hydroxyl groups is 16. The zero-order valence-electron chi connectivity index (χ0n) is 31.2. The molecule has 25 atom stereocenters. The molecule has 5 fully saturated rings. The smallest absolute Gasteiger partial charge is 0.217 e. The van der Waals surface area contributed by atoms with Crippen molar-refractivity contribution in [3.05, 3.63) is 0 Å². The van der Waals surface area contributed by atoms with E-state index >= 15 is 0 Å². The molecule has 27 nitrogen and oxygen atoms in total. The summed E-state index contributed by atoms with van der Waals surface area (Å²) in [6, 6.07) is -1.67. The minimum atomic E-state index is -2.15. The average Bonchev–Trinajstić information content (AvgIpc) is 3.21. The molecular formula is C32H55NO26. The standard InChI is InChI=1S/C32H55NO26/c1-7(39)33-13-26(58-30-21(47)17(43)14(40)8(2-34)53-30)15(41)9(3-35)52-29(13)59-27-16(42)10(4-36)54-32(23(27)49)57-25-12(6-38)55-31(22(48)19(25)45)56-24-11(5-37)51-28(50)20(46)18(24)44/h8-32,34-38,40-50H,2-6H2,1H3,(H,33,39)/t8?,9?,10?,11?,12?,13?,14-,15-,16-,17?,18?,19?,20?,21?,22-,23?,24+,25-,26?,27?,28+,29-,30-,31-,32+/m0/s1. The van der Waals surface area contributed by atoms with Gasteiger partial charge in [-0.05, 0) is 0 Å². The molecule has 27 heteroatoms. The Morgan fingerprint density at radius 2 is 0.780 bits per heavy atom. The number of ether oxygens (including phenoxy) is 9. The van der Waals surface area contributed by atoms with Gasteiger partial charge in [-0.1, -0.05) is 0 Å². The van der Waals surface area contributed by atoms with E-state index in [1.807, 2.05) is 0 Å². The Balaban J connectivity index is 1.35. The molecule has 1 amide bonds. The third kappa shape index (κ3) is 10.2. The van der Waals surface area contributed by atoms with E-state index in [1.54, 1.807) is 0 Å². The number of aliphatic hydroxyl groups excluding tert-OH is 16. The fourth-order valence-electron chi connectivity index (χ4n) is 7.43. The Hall–Kier alpha value is -1.53. The molecule has 59 heavy (non-hydrogen) atoms. The highest BCUT2D eigenvalue weighted by molar-refractivity contribution is 5.73. The quantitative estimate of drug-likeness (QED) is 0.0770. The molecule has 0 saturated carbocycles. The molecule has 5 saturated heterocycles. The van der Waals surface area contributed by atoms with Crippen LogP contribution in [0, 0.1) is 0 Å². The summed E-state index contributed by atoms with van der Waals surface area (Å²) in [6.07, 6.45) is -44.4. The van der Waals surface area contributed by atoms with Gasteiger partial charge < -0.3 is 130 Å². The van der Waals surface area contributed by atoms with Crippen molar-refractivity contribution < 1.29 is 129 Å². The van der Waals surface area contributed by atoms with Crippen LogP contribution in [0.4, 0.5) is 0 Å². The van der Waals surface area contributed by atoms with Crippen molar-refractivity contribution in [2.75, 3.05) is 33.0 Å². The highest BCUT2D eigenvalue weighted by Crippen LogP contribution is 2.35. The number of hydrogen-bond donors (Lipinski definition) is 17. The Labute approximate surface area is 333 Å². The van der Waals surface area contributed by atoms with Gasteiger partial charge in [-0.3, -0.25) is 4.79 Å². The predicted octanol–water partition coefficient (Wildman–Crippen LogP) is -11.8. The van der Waals surface area contributed by atoms with Crippen LogP contribution in [0.25, 0.3) is 0 Å². The summed E-state index contributed by atoms with van der Waals surface area (Å²) in [5, 5.41) is 169. The Bertz CT molecular complexity index is 1320. The van der Waals surface area contributed by atoms with Gasteiger partial charge in [0.05, 0.1) is 33.0 Å². The monoisotopic (exact) mass is 869 g/mol. The van der Waals surface area contributed by atoms with Crippen LogP contribution in [0.3, 0.4) is 0 Å². The van der Waals surface area contributed by atoms with Crippen molar-refractivity contribution in [2.45, 2.75) is 160 Å². The number of carbonyl (C=O) groups excluding carboxylic acids is 1. The maximum absolute atomic E-state index is 12.4. The van der Waals surface area contributed by atoms with Crippen LogP contribution >= 0.6 is 0 Å². The summed E-state index contributed by atoms with van der Waals surface area (Å²) in [5.74, 6) is -0.805. The van der Waals surface area contributed by atoms with Crippen LogP contribution in [0.1, 0.15) is 6.92 Å². The molecule has 5 aliphatic heterocycles. The van der Waals surface area contributed by atoms with Gasteiger partial charge in [0, 0.05) is 6.92 Å². The van der Waals surface area contributed by atoms with E-state index < -0.39 is 192 Å². The van der Waals surface area contributed by atoms with E-state index in [4.69, 9.17) is 42.6 Å². The minimum Gasteiger partial charge on any atom is -0.394 e. The molecule has 0 aromatic rings. The van der Waals surface area contributed by atoms with Gasteiger partial charge >= 0.3 is 0 Å². The second-order valence-corrected chi connectivity index (χ2v) is 14.7. The molecule has 5 aliphatic rings. The van der Waals surface area contributed by atoms with Crippen molar-refractivity contribution in [3.63, 3.8) is 0 Å². The normalized spacial score (nSPS) is 51.0. The lowest BCUT2D eigenvalue weighted by Gasteiger charge is -2.50. The first-order chi connectivity index (χ1) is 27.9. The Morgan fingerprint density at radius 1 is 0.407 bits per heavy atom.